The molecule has 2 aromatic carbocycles. The van der Waals surface area contributed by atoms with E-state index in [1.807, 2.05) is 6.07 Å². The number of fused-ring (bicyclic) bond motifs is 2. The van der Waals surface area contributed by atoms with Crippen LogP contribution in [0.25, 0.3) is 10.9 Å². The number of carbonyl (C=O) groups is 1. The summed E-state index contributed by atoms with van der Waals surface area (Å²) in [5.41, 5.74) is 1.41. The number of carbonyl (C=O) groups excluding carboxylic acids is 1. The van der Waals surface area contributed by atoms with Crippen LogP contribution in [0.3, 0.4) is 0 Å². The summed E-state index contributed by atoms with van der Waals surface area (Å²) in [7, 11) is 0. The number of hydrogen-bond acceptors (Lipinski definition) is 5. The van der Waals surface area contributed by atoms with E-state index in [2.05, 4.69) is 29.0 Å². The summed E-state index contributed by atoms with van der Waals surface area (Å²) in [4.78, 5) is 32.8. The van der Waals surface area contributed by atoms with Crippen molar-refractivity contribution >= 4 is 34.2 Å². The molecule has 8 nitrogen and oxygen atoms in total. The lowest BCUT2D eigenvalue weighted by atomic mass is 10.1. The number of aromatic amines is 1. The van der Waals surface area contributed by atoms with E-state index in [0.717, 1.165) is 18.5 Å². The van der Waals surface area contributed by atoms with Gasteiger partial charge in [-0.25, -0.2) is 4.79 Å². The number of halogens is 1. The molecule has 2 amide bonds. The first-order chi connectivity index (χ1) is 16.0. The number of para-hydroxylation sites is 1. The Bertz CT molecular complexity index is 1210. The minimum absolute atomic E-state index is 0.150. The van der Waals surface area contributed by atoms with Crippen LogP contribution < -0.4 is 20.3 Å². The quantitative estimate of drug-likeness (QED) is 0.513. The SMILES string of the molecule is CCN(CC)CCN(Cc1cc2cc3c(cc2[nH]c1=O)OCO3)C(=O)Nc1ccccc1Cl. The molecule has 0 saturated carbocycles. The standard InChI is InChI=1S/C24H27ClN4O4/c1-3-28(4-2)9-10-29(24(31)27-19-8-6-5-7-18(19)25)14-17-11-16-12-21-22(33-15-32-21)13-20(16)26-23(17)30/h5-8,11-13H,3-4,9-10,14-15H2,1-2H3,(H,26,30)(H,27,31). The Morgan fingerprint density at radius 2 is 1.82 bits per heavy atom. The summed E-state index contributed by atoms with van der Waals surface area (Å²) in [5.74, 6) is 1.24. The number of aromatic nitrogens is 1. The van der Waals surface area contributed by atoms with Crippen LogP contribution in [0.1, 0.15) is 19.4 Å². The van der Waals surface area contributed by atoms with Crippen molar-refractivity contribution in [1.82, 2.24) is 14.8 Å². The number of likely N-dealkylation sites (N-methyl/N-ethyl adjacent to an activating group) is 1. The van der Waals surface area contributed by atoms with Crippen LogP contribution in [0.4, 0.5) is 10.5 Å². The maximum atomic E-state index is 13.2. The summed E-state index contributed by atoms with van der Waals surface area (Å²) in [6, 6.07) is 12.1. The average Bonchev–Trinajstić information content (AvgIpc) is 3.26. The maximum absolute atomic E-state index is 13.2. The number of urea groups is 1. The fraction of sp³-hybridized carbons (Fsp3) is 0.333. The molecule has 4 rings (SSSR count). The third-order valence-electron chi connectivity index (χ3n) is 5.76. The van der Waals surface area contributed by atoms with E-state index in [1.165, 1.54) is 0 Å². The summed E-state index contributed by atoms with van der Waals surface area (Å²) in [6.07, 6.45) is 0. The molecule has 1 aromatic heterocycles. The number of anilines is 1. The molecule has 174 valence electrons. The summed E-state index contributed by atoms with van der Waals surface area (Å²) < 4.78 is 10.9. The third kappa shape index (κ3) is 5.23. The second kappa shape index (κ2) is 10.1. The normalized spacial score (nSPS) is 12.4. The van der Waals surface area contributed by atoms with E-state index in [4.69, 9.17) is 21.1 Å². The van der Waals surface area contributed by atoms with Gasteiger partial charge in [0.25, 0.3) is 5.56 Å². The van der Waals surface area contributed by atoms with Gasteiger partial charge < -0.3 is 29.6 Å². The largest absolute Gasteiger partial charge is 0.454 e. The minimum Gasteiger partial charge on any atom is -0.454 e. The van der Waals surface area contributed by atoms with Crippen molar-refractivity contribution in [3.05, 3.63) is 63.4 Å². The molecule has 9 heteroatoms. The van der Waals surface area contributed by atoms with Gasteiger partial charge in [0.1, 0.15) is 0 Å². The van der Waals surface area contributed by atoms with Crippen molar-refractivity contribution in [2.75, 3.05) is 38.3 Å². The van der Waals surface area contributed by atoms with E-state index in [1.54, 1.807) is 41.3 Å². The van der Waals surface area contributed by atoms with E-state index in [9.17, 15) is 9.59 Å². The second-order valence-corrected chi connectivity index (χ2v) is 8.18. The number of rotatable bonds is 8. The molecule has 2 heterocycles. The highest BCUT2D eigenvalue weighted by atomic mass is 35.5. The van der Waals surface area contributed by atoms with Crippen molar-refractivity contribution in [3.8, 4) is 11.5 Å². The van der Waals surface area contributed by atoms with Gasteiger partial charge in [-0.05, 0) is 37.4 Å². The summed E-state index contributed by atoms with van der Waals surface area (Å²) in [6.45, 7) is 7.36. The predicted molar refractivity (Wildman–Crippen MR) is 129 cm³/mol. The molecule has 2 N–H and O–H groups in total. The molecular weight excluding hydrogens is 444 g/mol. The van der Waals surface area contributed by atoms with E-state index < -0.39 is 0 Å². The average molecular weight is 471 g/mol. The molecule has 0 bridgehead atoms. The zero-order chi connectivity index (χ0) is 23.4. The lowest BCUT2D eigenvalue weighted by Crippen LogP contribution is -2.41. The Labute approximate surface area is 197 Å². The zero-order valence-corrected chi connectivity index (χ0v) is 19.4. The highest BCUT2D eigenvalue weighted by Crippen LogP contribution is 2.35. The van der Waals surface area contributed by atoms with Crippen LogP contribution in [-0.2, 0) is 6.54 Å². The van der Waals surface area contributed by atoms with Gasteiger partial charge in [0.2, 0.25) is 6.79 Å². The van der Waals surface area contributed by atoms with Crippen LogP contribution >= 0.6 is 11.6 Å². The molecule has 33 heavy (non-hydrogen) atoms. The van der Waals surface area contributed by atoms with Crippen LogP contribution in [0, 0.1) is 0 Å². The molecule has 0 fully saturated rings. The highest BCUT2D eigenvalue weighted by Gasteiger charge is 2.20. The van der Waals surface area contributed by atoms with Gasteiger partial charge in [-0.15, -0.1) is 0 Å². The van der Waals surface area contributed by atoms with Gasteiger partial charge >= 0.3 is 6.03 Å². The molecule has 0 aliphatic carbocycles. The molecule has 0 radical (unpaired) electrons. The Balaban J connectivity index is 1.60. The van der Waals surface area contributed by atoms with Crippen LogP contribution in [0.5, 0.6) is 11.5 Å². The van der Waals surface area contributed by atoms with Gasteiger partial charge in [0.05, 0.1) is 22.8 Å². The van der Waals surface area contributed by atoms with Crippen molar-refractivity contribution in [2.24, 2.45) is 0 Å². The molecular formula is C24H27ClN4O4. The topological polar surface area (TPSA) is 86.9 Å². The lowest BCUT2D eigenvalue weighted by Gasteiger charge is -2.27. The van der Waals surface area contributed by atoms with Gasteiger partial charge in [-0.1, -0.05) is 37.6 Å². The number of H-pyrrole nitrogens is 1. The van der Waals surface area contributed by atoms with Crippen molar-refractivity contribution in [2.45, 2.75) is 20.4 Å². The fourth-order valence-corrected chi connectivity index (χ4v) is 3.96. The van der Waals surface area contributed by atoms with Crippen LogP contribution in [0.2, 0.25) is 5.02 Å². The highest BCUT2D eigenvalue weighted by molar-refractivity contribution is 6.33. The number of nitrogens with zero attached hydrogens (tertiary/aromatic N) is 2. The van der Waals surface area contributed by atoms with E-state index in [-0.39, 0.29) is 24.9 Å². The lowest BCUT2D eigenvalue weighted by molar-refractivity contribution is 0.174. The number of nitrogens with one attached hydrogen (secondary N) is 2. The number of ether oxygens (including phenoxy) is 2. The molecule has 0 spiro atoms. The molecule has 3 aromatic rings. The van der Waals surface area contributed by atoms with Crippen molar-refractivity contribution < 1.29 is 14.3 Å². The van der Waals surface area contributed by atoms with E-state index in [0.29, 0.717) is 46.4 Å². The van der Waals surface area contributed by atoms with Crippen LogP contribution in [0.15, 0.2) is 47.3 Å². The number of benzene rings is 2. The Kier molecular flexibility index (Phi) is 7.05. The Morgan fingerprint density at radius 1 is 1.09 bits per heavy atom. The number of amides is 2. The molecule has 0 unspecified atom stereocenters. The maximum Gasteiger partial charge on any atom is 0.322 e. The Hall–Kier alpha value is -3.23. The monoisotopic (exact) mass is 470 g/mol. The fourth-order valence-electron chi connectivity index (χ4n) is 3.78. The van der Waals surface area contributed by atoms with Gasteiger partial charge in [0.15, 0.2) is 11.5 Å². The molecule has 0 atom stereocenters. The smallest absolute Gasteiger partial charge is 0.322 e. The summed E-state index contributed by atoms with van der Waals surface area (Å²) in [5, 5.41) is 4.13. The molecule has 0 saturated heterocycles. The van der Waals surface area contributed by atoms with Gasteiger partial charge in [0, 0.05) is 30.1 Å². The first kappa shape index (κ1) is 22.9. The molecule has 1 aliphatic rings. The second-order valence-electron chi connectivity index (χ2n) is 7.77. The van der Waals surface area contributed by atoms with Crippen molar-refractivity contribution in [1.29, 1.82) is 0 Å². The van der Waals surface area contributed by atoms with Gasteiger partial charge in [-0.3, -0.25) is 4.79 Å². The Morgan fingerprint density at radius 3 is 2.55 bits per heavy atom. The first-order valence-electron chi connectivity index (χ1n) is 11.0. The van der Waals surface area contributed by atoms with Crippen molar-refractivity contribution in [3.63, 3.8) is 0 Å². The van der Waals surface area contributed by atoms with E-state index >= 15 is 0 Å². The molecule has 1 aliphatic heterocycles. The third-order valence-corrected chi connectivity index (χ3v) is 6.09. The zero-order valence-electron chi connectivity index (χ0n) is 18.7. The minimum atomic E-state index is -0.319. The predicted octanol–water partition coefficient (Wildman–Crippen LogP) is 4.29. The van der Waals surface area contributed by atoms with Gasteiger partial charge in [-0.2, -0.15) is 0 Å². The summed E-state index contributed by atoms with van der Waals surface area (Å²) >= 11 is 6.22. The first-order valence-corrected chi connectivity index (χ1v) is 11.3. The number of hydrogen-bond donors (Lipinski definition) is 2. The van der Waals surface area contributed by atoms with Crippen LogP contribution in [-0.4, -0.2) is 53.8 Å². The number of pyridine rings is 1.